The summed E-state index contributed by atoms with van der Waals surface area (Å²) in [4.78, 5) is 42.6. The molecule has 9 nitrogen and oxygen atoms in total. The lowest BCUT2D eigenvalue weighted by Crippen LogP contribution is -2.50. The van der Waals surface area contributed by atoms with Crippen molar-refractivity contribution in [2.75, 3.05) is 19.6 Å². The number of rotatable bonds is 4. The van der Waals surface area contributed by atoms with E-state index in [9.17, 15) is 19.5 Å². The predicted molar refractivity (Wildman–Crippen MR) is 71.4 cm³/mol. The number of urea groups is 1. The van der Waals surface area contributed by atoms with E-state index in [0.29, 0.717) is 25.2 Å². The molecule has 1 fully saturated rings. The van der Waals surface area contributed by atoms with Gasteiger partial charge in [-0.2, -0.15) is 0 Å². The third-order valence-electron chi connectivity index (χ3n) is 3.12. The number of carbonyl (C=O) groups excluding carboxylic acids is 2. The fourth-order valence-corrected chi connectivity index (χ4v) is 2.04. The highest BCUT2D eigenvalue weighted by Crippen LogP contribution is 2.02. The maximum Gasteiger partial charge on any atom is 0.326 e. The molecule has 1 saturated heterocycles. The van der Waals surface area contributed by atoms with E-state index >= 15 is 0 Å². The number of hydrogen-bond acceptors (Lipinski definition) is 4. The van der Waals surface area contributed by atoms with Crippen molar-refractivity contribution in [2.24, 2.45) is 0 Å². The van der Waals surface area contributed by atoms with E-state index in [-0.39, 0.29) is 18.9 Å². The van der Waals surface area contributed by atoms with Crippen LogP contribution in [0.15, 0.2) is 12.5 Å². The largest absolute Gasteiger partial charge is 0.480 e. The lowest BCUT2D eigenvalue weighted by molar-refractivity contribution is -0.139. The van der Waals surface area contributed by atoms with Gasteiger partial charge >= 0.3 is 12.0 Å². The summed E-state index contributed by atoms with van der Waals surface area (Å²) < 4.78 is 0. The molecule has 114 valence electrons. The summed E-state index contributed by atoms with van der Waals surface area (Å²) >= 11 is 0. The number of H-pyrrole nitrogens is 1. The van der Waals surface area contributed by atoms with Crippen molar-refractivity contribution in [1.29, 1.82) is 0 Å². The van der Waals surface area contributed by atoms with Crippen molar-refractivity contribution in [2.45, 2.75) is 18.9 Å². The first kappa shape index (κ1) is 14.8. The topological polar surface area (TPSA) is 127 Å². The first-order chi connectivity index (χ1) is 10.1. The molecule has 2 heterocycles. The van der Waals surface area contributed by atoms with E-state index in [1.54, 1.807) is 0 Å². The number of nitrogens with zero attached hydrogens (tertiary/aromatic N) is 2. The van der Waals surface area contributed by atoms with Gasteiger partial charge < -0.3 is 25.6 Å². The molecule has 1 aromatic rings. The van der Waals surface area contributed by atoms with Gasteiger partial charge in [-0.05, 0) is 6.42 Å². The Morgan fingerprint density at radius 3 is 3.00 bits per heavy atom. The minimum absolute atomic E-state index is 0.0672. The highest BCUT2D eigenvalue weighted by Gasteiger charge is 2.25. The maximum atomic E-state index is 12.1. The Morgan fingerprint density at radius 2 is 2.33 bits per heavy atom. The Hall–Kier alpha value is -2.58. The minimum Gasteiger partial charge on any atom is -0.480 e. The number of aromatic nitrogens is 2. The van der Waals surface area contributed by atoms with E-state index in [2.05, 4.69) is 20.6 Å². The zero-order chi connectivity index (χ0) is 15.2. The zero-order valence-corrected chi connectivity index (χ0v) is 11.3. The Balaban J connectivity index is 1.97. The van der Waals surface area contributed by atoms with Crippen LogP contribution in [0, 0.1) is 0 Å². The van der Waals surface area contributed by atoms with Crippen LogP contribution in [-0.2, 0) is 16.0 Å². The van der Waals surface area contributed by atoms with E-state index in [1.165, 1.54) is 17.4 Å². The molecule has 0 aromatic carbocycles. The molecule has 0 saturated carbocycles. The predicted octanol–water partition coefficient (Wildman–Crippen LogP) is -1.06. The van der Waals surface area contributed by atoms with E-state index in [0.717, 1.165) is 0 Å². The molecule has 1 aromatic heterocycles. The summed E-state index contributed by atoms with van der Waals surface area (Å²) in [6, 6.07) is -1.64. The maximum absolute atomic E-state index is 12.1. The standard InChI is InChI=1S/C12H17N5O4/c18-10-6-17(3-1-2-14-10)12(21)16-9(11(19)20)4-8-5-13-7-15-8/h5,7,9H,1-4,6H2,(H,13,15)(H,14,18)(H,16,21)(H,19,20)/t9-/m1/s1. The van der Waals surface area contributed by atoms with Gasteiger partial charge in [-0.3, -0.25) is 4.79 Å². The monoisotopic (exact) mass is 295 g/mol. The first-order valence-electron chi connectivity index (χ1n) is 6.58. The first-order valence-corrected chi connectivity index (χ1v) is 6.58. The molecule has 3 amide bonds. The van der Waals surface area contributed by atoms with Crippen LogP contribution in [0.5, 0.6) is 0 Å². The molecule has 0 spiro atoms. The number of carbonyl (C=O) groups is 3. The summed E-state index contributed by atoms with van der Waals surface area (Å²) in [6.07, 6.45) is 3.68. The van der Waals surface area contributed by atoms with Crippen LogP contribution in [0.2, 0.25) is 0 Å². The summed E-state index contributed by atoms with van der Waals surface area (Å²) in [5.74, 6) is -1.39. The van der Waals surface area contributed by atoms with E-state index < -0.39 is 18.0 Å². The van der Waals surface area contributed by atoms with Crippen molar-refractivity contribution in [1.82, 2.24) is 25.5 Å². The normalized spacial score (nSPS) is 16.8. The SMILES string of the molecule is O=C1CN(C(=O)N[C@H](Cc2cnc[nH]2)C(=O)O)CCCN1. The lowest BCUT2D eigenvalue weighted by atomic mass is 10.1. The van der Waals surface area contributed by atoms with Gasteiger partial charge in [0, 0.05) is 31.4 Å². The van der Waals surface area contributed by atoms with Crippen LogP contribution in [0.25, 0.3) is 0 Å². The quantitative estimate of drug-likeness (QED) is 0.563. The van der Waals surface area contributed by atoms with Gasteiger partial charge in [0.25, 0.3) is 0 Å². The molecule has 2 rings (SSSR count). The number of aliphatic carboxylic acids is 1. The average molecular weight is 295 g/mol. The fraction of sp³-hybridized carbons (Fsp3) is 0.500. The van der Waals surface area contributed by atoms with Crippen LogP contribution in [0.1, 0.15) is 12.1 Å². The molecule has 1 atom stereocenters. The zero-order valence-electron chi connectivity index (χ0n) is 11.3. The molecule has 0 unspecified atom stereocenters. The molecule has 9 heteroatoms. The second-order valence-electron chi connectivity index (χ2n) is 4.75. The molecular formula is C12H17N5O4. The number of imidazole rings is 1. The smallest absolute Gasteiger partial charge is 0.326 e. The van der Waals surface area contributed by atoms with Crippen LogP contribution in [-0.4, -0.2) is 63.6 Å². The van der Waals surface area contributed by atoms with Crippen molar-refractivity contribution in [3.8, 4) is 0 Å². The van der Waals surface area contributed by atoms with Crippen molar-refractivity contribution < 1.29 is 19.5 Å². The third kappa shape index (κ3) is 4.20. The second-order valence-corrected chi connectivity index (χ2v) is 4.75. The number of carboxylic acid groups (broad SMARTS) is 1. The van der Waals surface area contributed by atoms with Gasteiger partial charge in [-0.1, -0.05) is 0 Å². The molecule has 4 N–H and O–H groups in total. The molecule has 0 bridgehead atoms. The summed E-state index contributed by atoms with van der Waals surface area (Å²) in [5.41, 5.74) is 0.608. The summed E-state index contributed by atoms with van der Waals surface area (Å²) in [6.45, 7) is 0.850. The lowest BCUT2D eigenvalue weighted by Gasteiger charge is -2.22. The number of hydrogen-bond donors (Lipinski definition) is 4. The van der Waals surface area contributed by atoms with Crippen LogP contribution >= 0.6 is 0 Å². The van der Waals surface area contributed by atoms with Gasteiger partial charge in [-0.15, -0.1) is 0 Å². The molecule has 0 radical (unpaired) electrons. The Morgan fingerprint density at radius 1 is 1.52 bits per heavy atom. The molecule has 1 aliphatic rings. The van der Waals surface area contributed by atoms with Gasteiger partial charge in [0.1, 0.15) is 12.6 Å². The minimum atomic E-state index is -1.14. The molecule has 21 heavy (non-hydrogen) atoms. The Kier molecular flexibility index (Phi) is 4.75. The van der Waals surface area contributed by atoms with Crippen molar-refractivity contribution >= 4 is 17.9 Å². The Bertz CT molecular complexity index is 516. The van der Waals surface area contributed by atoms with Crippen LogP contribution < -0.4 is 10.6 Å². The third-order valence-corrected chi connectivity index (χ3v) is 3.12. The highest BCUT2D eigenvalue weighted by molar-refractivity contribution is 5.87. The van der Waals surface area contributed by atoms with Crippen LogP contribution in [0.4, 0.5) is 4.79 Å². The number of carboxylic acids is 1. The van der Waals surface area contributed by atoms with E-state index in [4.69, 9.17) is 0 Å². The number of amides is 3. The summed E-state index contributed by atoms with van der Waals surface area (Å²) in [7, 11) is 0. The summed E-state index contributed by atoms with van der Waals surface area (Å²) in [5, 5.41) is 14.3. The van der Waals surface area contributed by atoms with Crippen molar-refractivity contribution in [3.05, 3.63) is 18.2 Å². The Labute approximate surface area is 120 Å². The highest BCUT2D eigenvalue weighted by atomic mass is 16.4. The second kappa shape index (κ2) is 6.73. The van der Waals surface area contributed by atoms with Crippen LogP contribution in [0.3, 0.4) is 0 Å². The molecule has 0 aliphatic carbocycles. The molecule has 1 aliphatic heterocycles. The fourth-order valence-electron chi connectivity index (χ4n) is 2.04. The van der Waals surface area contributed by atoms with Gasteiger partial charge in [0.05, 0.1) is 6.33 Å². The average Bonchev–Trinajstić information content (AvgIpc) is 2.84. The molecular weight excluding hydrogens is 278 g/mol. The van der Waals surface area contributed by atoms with Gasteiger partial charge in [0.2, 0.25) is 5.91 Å². The van der Waals surface area contributed by atoms with Gasteiger partial charge in [0.15, 0.2) is 0 Å². The van der Waals surface area contributed by atoms with Gasteiger partial charge in [-0.25, -0.2) is 14.6 Å². The van der Waals surface area contributed by atoms with E-state index in [1.807, 2.05) is 0 Å². The number of aromatic amines is 1. The number of nitrogens with one attached hydrogen (secondary N) is 3. The van der Waals surface area contributed by atoms with Crippen molar-refractivity contribution in [3.63, 3.8) is 0 Å².